The number of aromatic nitrogens is 1. The van der Waals surface area contributed by atoms with Crippen molar-refractivity contribution in [2.24, 2.45) is 0 Å². The van der Waals surface area contributed by atoms with Crippen LogP contribution >= 0.6 is 0 Å². The van der Waals surface area contributed by atoms with E-state index in [0.29, 0.717) is 16.9 Å². The first-order valence-corrected chi connectivity index (χ1v) is 9.92. The molecule has 1 aliphatic heterocycles. The van der Waals surface area contributed by atoms with Crippen LogP contribution in [0, 0.1) is 6.92 Å². The van der Waals surface area contributed by atoms with Crippen LogP contribution in [0.3, 0.4) is 0 Å². The Hall–Kier alpha value is -3.93. The third-order valence-electron chi connectivity index (χ3n) is 5.45. The summed E-state index contributed by atoms with van der Waals surface area (Å²) in [4.78, 5) is 30.5. The zero-order chi connectivity index (χ0) is 22.0. The van der Waals surface area contributed by atoms with Gasteiger partial charge in [0.1, 0.15) is 5.75 Å². The number of H-pyrrole nitrogens is 1. The van der Waals surface area contributed by atoms with Crippen LogP contribution in [-0.4, -0.2) is 23.7 Å². The summed E-state index contributed by atoms with van der Waals surface area (Å²) in [6, 6.07) is 17.2. The third kappa shape index (κ3) is 3.80. The molecule has 1 aliphatic rings. The molecule has 0 bridgehead atoms. The molecule has 1 unspecified atom stereocenters. The second kappa shape index (κ2) is 8.44. The molecule has 1 atom stereocenters. The summed E-state index contributed by atoms with van der Waals surface area (Å²) in [5, 5.41) is 13.5. The van der Waals surface area contributed by atoms with E-state index < -0.39 is 23.5 Å². The molecule has 2 aromatic carbocycles. The van der Waals surface area contributed by atoms with Crippen molar-refractivity contribution in [3.8, 4) is 5.75 Å². The number of hydrogen-bond donors (Lipinski definition) is 0. The first-order valence-electron chi connectivity index (χ1n) is 9.92. The zero-order valence-electron chi connectivity index (χ0n) is 17.3. The summed E-state index contributed by atoms with van der Waals surface area (Å²) in [6.45, 7) is 1.99. The van der Waals surface area contributed by atoms with E-state index in [0.717, 1.165) is 11.1 Å². The Morgan fingerprint density at radius 1 is 1.10 bits per heavy atom. The van der Waals surface area contributed by atoms with Gasteiger partial charge in [-0.05, 0) is 41.8 Å². The lowest BCUT2D eigenvalue weighted by Gasteiger charge is -2.27. The SMILES string of the molecule is COc1ccc(C([O-])=C2C(=O)C(=O)N(Cc3ccc[nH+]c3)C2c2ccccc2)c(C)c1. The number of methoxy groups -OCH3 is 1. The number of carbonyl (C=O) groups excluding carboxylic acids is 2. The highest BCUT2D eigenvalue weighted by Crippen LogP contribution is 2.40. The molecule has 0 radical (unpaired) electrons. The Morgan fingerprint density at radius 3 is 2.52 bits per heavy atom. The van der Waals surface area contributed by atoms with E-state index in [1.54, 1.807) is 44.6 Å². The molecule has 1 aromatic heterocycles. The standard InChI is InChI=1S/C25H22N2O4/c1-16-13-19(31-2)10-11-20(16)23(28)21-22(18-8-4-3-5-9-18)27(25(30)24(21)29)15-17-7-6-12-26-14-17/h3-14,22,28H,15H2,1-2H3. The Kier molecular flexibility index (Phi) is 5.54. The summed E-state index contributed by atoms with van der Waals surface area (Å²) in [7, 11) is 1.55. The van der Waals surface area contributed by atoms with Crippen LogP contribution in [0.1, 0.15) is 28.3 Å². The fourth-order valence-electron chi connectivity index (χ4n) is 3.90. The molecule has 156 valence electrons. The fourth-order valence-corrected chi connectivity index (χ4v) is 3.90. The van der Waals surface area contributed by atoms with E-state index in [2.05, 4.69) is 4.98 Å². The molecule has 1 amide bonds. The second-order valence-electron chi connectivity index (χ2n) is 7.41. The molecule has 6 nitrogen and oxygen atoms in total. The average molecular weight is 414 g/mol. The number of carbonyl (C=O) groups is 2. The van der Waals surface area contributed by atoms with Gasteiger partial charge < -0.3 is 14.7 Å². The number of pyridine rings is 1. The summed E-state index contributed by atoms with van der Waals surface area (Å²) in [5.41, 5.74) is 2.59. The van der Waals surface area contributed by atoms with E-state index >= 15 is 0 Å². The van der Waals surface area contributed by atoms with Crippen molar-refractivity contribution in [3.05, 3.63) is 101 Å². The maximum atomic E-state index is 13.5. The second-order valence-corrected chi connectivity index (χ2v) is 7.41. The van der Waals surface area contributed by atoms with Gasteiger partial charge in [0.2, 0.25) is 5.78 Å². The van der Waals surface area contributed by atoms with Gasteiger partial charge in [-0.15, -0.1) is 0 Å². The Labute approximate surface area is 180 Å². The summed E-state index contributed by atoms with van der Waals surface area (Å²) < 4.78 is 5.22. The molecular formula is C25H22N2O4. The highest BCUT2D eigenvalue weighted by Gasteiger charge is 2.44. The summed E-state index contributed by atoms with van der Waals surface area (Å²) >= 11 is 0. The molecular weight excluding hydrogens is 392 g/mol. The van der Waals surface area contributed by atoms with Crippen molar-refractivity contribution in [3.63, 3.8) is 0 Å². The van der Waals surface area contributed by atoms with Crippen molar-refractivity contribution >= 4 is 17.4 Å². The zero-order valence-corrected chi connectivity index (χ0v) is 17.3. The lowest BCUT2D eigenvalue weighted by molar-refractivity contribution is -0.378. The van der Waals surface area contributed by atoms with Crippen LogP contribution in [0.2, 0.25) is 0 Å². The number of amides is 1. The van der Waals surface area contributed by atoms with Crippen LogP contribution in [-0.2, 0) is 16.1 Å². The molecule has 3 aromatic rings. The average Bonchev–Trinajstić information content (AvgIpc) is 3.04. The van der Waals surface area contributed by atoms with Crippen molar-refractivity contribution in [1.29, 1.82) is 0 Å². The molecule has 4 rings (SSSR count). The van der Waals surface area contributed by atoms with E-state index in [1.165, 1.54) is 4.90 Å². The number of hydrogen-bond acceptors (Lipinski definition) is 4. The van der Waals surface area contributed by atoms with Crippen molar-refractivity contribution < 1.29 is 24.4 Å². The molecule has 2 heterocycles. The van der Waals surface area contributed by atoms with Crippen LogP contribution in [0.4, 0.5) is 0 Å². The van der Waals surface area contributed by atoms with Crippen molar-refractivity contribution in [2.75, 3.05) is 7.11 Å². The number of aromatic amines is 1. The largest absolute Gasteiger partial charge is 0.872 e. The van der Waals surface area contributed by atoms with E-state index in [1.807, 2.05) is 42.5 Å². The highest BCUT2D eigenvalue weighted by atomic mass is 16.5. The number of aryl methyl sites for hydroxylation is 1. The third-order valence-corrected chi connectivity index (χ3v) is 5.45. The Bertz CT molecular complexity index is 1160. The van der Waals surface area contributed by atoms with E-state index in [-0.39, 0.29) is 12.1 Å². The fraction of sp³-hybridized carbons (Fsp3) is 0.160. The van der Waals surface area contributed by atoms with Gasteiger partial charge in [0.25, 0.3) is 5.91 Å². The Balaban J connectivity index is 1.86. The lowest BCUT2D eigenvalue weighted by Crippen LogP contribution is -2.29. The predicted molar refractivity (Wildman–Crippen MR) is 112 cm³/mol. The van der Waals surface area contributed by atoms with Gasteiger partial charge in [-0.2, -0.15) is 0 Å². The molecule has 31 heavy (non-hydrogen) atoms. The van der Waals surface area contributed by atoms with Gasteiger partial charge in [0.05, 0.1) is 19.7 Å². The van der Waals surface area contributed by atoms with Crippen LogP contribution < -0.4 is 14.8 Å². The first kappa shape index (κ1) is 20.3. The van der Waals surface area contributed by atoms with Crippen molar-refractivity contribution in [1.82, 2.24) is 4.90 Å². The minimum absolute atomic E-state index is 0.0237. The van der Waals surface area contributed by atoms with Crippen LogP contribution in [0.5, 0.6) is 5.75 Å². The number of likely N-dealkylation sites (tertiary alicyclic amines) is 1. The minimum atomic E-state index is -0.756. The molecule has 0 aliphatic carbocycles. The van der Waals surface area contributed by atoms with E-state index in [4.69, 9.17) is 4.74 Å². The van der Waals surface area contributed by atoms with E-state index in [9.17, 15) is 14.7 Å². The number of ketones is 1. The van der Waals surface area contributed by atoms with Gasteiger partial charge >= 0.3 is 0 Å². The predicted octanol–water partition coefficient (Wildman–Crippen LogP) is 2.24. The molecule has 1 fully saturated rings. The van der Waals surface area contributed by atoms with Gasteiger partial charge in [-0.3, -0.25) is 9.59 Å². The van der Waals surface area contributed by atoms with Gasteiger partial charge in [0.15, 0.2) is 12.4 Å². The lowest BCUT2D eigenvalue weighted by atomic mass is 9.94. The topological polar surface area (TPSA) is 83.8 Å². The van der Waals surface area contributed by atoms with Crippen LogP contribution in [0.25, 0.3) is 5.76 Å². The maximum Gasteiger partial charge on any atom is 0.295 e. The van der Waals surface area contributed by atoms with Gasteiger partial charge in [-0.1, -0.05) is 42.2 Å². The van der Waals surface area contributed by atoms with Crippen LogP contribution in [0.15, 0.2) is 78.6 Å². The number of benzene rings is 2. The summed E-state index contributed by atoms with van der Waals surface area (Å²) in [6.07, 6.45) is 3.54. The highest BCUT2D eigenvalue weighted by molar-refractivity contribution is 6.46. The number of rotatable bonds is 5. The smallest absolute Gasteiger partial charge is 0.295 e. The quantitative estimate of drug-likeness (QED) is 0.364. The monoisotopic (exact) mass is 414 g/mol. The number of ether oxygens (including phenoxy) is 1. The first-order chi connectivity index (χ1) is 15.0. The Morgan fingerprint density at radius 2 is 1.87 bits per heavy atom. The van der Waals surface area contributed by atoms with Gasteiger partial charge in [-0.25, -0.2) is 4.98 Å². The minimum Gasteiger partial charge on any atom is -0.872 e. The summed E-state index contributed by atoms with van der Waals surface area (Å²) in [5.74, 6) is -1.25. The maximum absolute atomic E-state index is 13.5. The number of Topliss-reactive ketones (excluding diaryl/α,β-unsaturated/α-hetero) is 1. The van der Waals surface area contributed by atoms with Gasteiger partial charge in [0, 0.05) is 17.2 Å². The molecule has 6 heteroatoms. The molecule has 1 saturated heterocycles. The molecule has 0 spiro atoms. The van der Waals surface area contributed by atoms with Crippen molar-refractivity contribution in [2.45, 2.75) is 19.5 Å². The normalized spacial score (nSPS) is 17.7. The molecule has 0 saturated carbocycles. The number of nitrogens with zero attached hydrogens (tertiary/aromatic N) is 1. The molecule has 1 N–H and O–H groups in total. The number of nitrogens with one attached hydrogen (secondary N) is 1.